The van der Waals surface area contributed by atoms with Crippen molar-refractivity contribution in [2.45, 2.75) is 10.6 Å². The third-order valence-electron chi connectivity index (χ3n) is 2.45. The Morgan fingerprint density at radius 1 is 1.11 bits per heavy atom. The van der Waals surface area contributed by atoms with Gasteiger partial charge < -0.3 is 9.90 Å². The number of hydrogen-bond donors (Lipinski definition) is 0. The third-order valence-corrected chi connectivity index (χ3v) is 3.57. The van der Waals surface area contributed by atoms with Crippen LogP contribution in [0, 0.1) is 5.82 Å². The van der Waals surface area contributed by atoms with E-state index >= 15 is 0 Å². The molecule has 0 atom stereocenters. The molecule has 2 nitrogen and oxygen atoms in total. The zero-order valence-corrected chi connectivity index (χ0v) is 10.2. The first-order valence-electron chi connectivity index (χ1n) is 5.35. The summed E-state index contributed by atoms with van der Waals surface area (Å²) in [6, 6.07) is 13.0. The Morgan fingerprint density at radius 2 is 1.78 bits per heavy atom. The van der Waals surface area contributed by atoms with Crippen molar-refractivity contribution in [3.05, 3.63) is 65.5 Å². The molecule has 0 amide bonds. The highest BCUT2D eigenvalue weighted by atomic mass is 32.2. The van der Waals surface area contributed by atoms with Crippen LogP contribution < -0.4 is 5.11 Å². The number of hydrogen-bond acceptors (Lipinski definition) is 3. The summed E-state index contributed by atoms with van der Waals surface area (Å²) in [6.45, 7) is 0. The number of carbonyl (C=O) groups is 1. The fraction of sp³-hybridized carbons (Fsp3) is 0.0714. The lowest BCUT2D eigenvalue weighted by Gasteiger charge is -2.09. The molecule has 0 aliphatic heterocycles. The van der Waals surface area contributed by atoms with Crippen molar-refractivity contribution in [2.24, 2.45) is 0 Å². The van der Waals surface area contributed by atoms with Gasteiger partial charge in [-0.05, 0) is 17.7 Å². The van der Waals surface area contributed by atoms with Gasteiger partial charge in [-0.1, -0.05) is 36.4 Å². The topological polar surface area (TPSA) is 40.1 Å². The molecule has 2 aromatic rings. The summed E-state index contributed by atoms with van der Waals surface area (Å²) >= 11 is 1.28. The number of carbonyl (C=O) groups excluding carboxylic acids is 1. The van der Waals surface area contributed by atoms with Crippen molar-refractivity contribution in [2.75, 3.05) is 0 Å². The molecule has 0 bridgehead atoms. The molecule has 0 N–H and O–H groups in total. The Labute approximate surface area is 108 Å². The summed E-state index contributed by atoms with van der Waals surface area (Å²) in [5.41, 5.74) is 0.689. The monoisotopic (exact) mass is 261 g/mol. The highest BCUT2D eigenvalue weighted by Gasteiger charge is 2.05. The Hall–Kier alpha value is -1.81. The minimum atomic E-state index is -1.22. The first kappa shape index (κ1) is 12.6. The maximum atomic E-state index is 13.4. The van der Waals surface area contributed by atoms with Crippen LogP contribution in [0.15, 0.2) is 53.4 Å². The molecule has 0 aliphatic rings. The zero-order valence-electron chi connectivity index (χ0n) is 9.43. The van der Waals surface area contributed by atoms with Gasteiger partial charge in [0.05, 0.1) is 5.97 Å². The van der Waals surface area contributed by atoms with Crippen molar-refractivity contribution in [1.82, 2.24) is 0 Å². The van der Waals surface area contributed by atoms with Crippen LogP contribution in [0.25, 0.3) is 0 Å². The van der Waals surface area contributed by atoms with E-state index in [-0.39, 0.29) is 11.4 Å². The first-order chi connectivity index (χ1) is 8.68. The van der Waals surface area contributed by atoms with Crippen LogP contribution in [0.1, 0.15) is 15.9 Å². The zero-order chi connectivity index (χ0) is 13.0. The number of aromatic carboxylic acids is 1. The minimum Gasteiger partial charge on any atom is -0.545 e. The Kier molecular flexibility index (Phi) is 3.99. The summed E-state index contributed by atoms with van der Waals surface area (Å²) in [6.07, 6.45) is 0. The van der Waals surface area contributed by atoms with Crippen molar-refractivity contribution < 1.29 is 14.3 Å². The van der Waals surface area contributed by atoms with Gasteiger partial charge in [-0.25, -0.2) is 4.39 Å². The summed E-state index contributed by atoms with van der Waals surface area (Å²) in [4.78, 5) is 11.5. The molecule has 0 aromatic heterocycles. The van der Waals surface area contributed by atoms with Gasteiger partial charge in [0, 0.05) is 16.2 Å². The van der Waals surface area contributed by atoms with Gasteiger partial charge in [0.25, 0.3) is 0 Å². The highest BCUT2D eigenvalue weighted by Crippen LogP contribution is 2.26. The van der Waals surface area contributed by atoms with Gasteiger partial charge in [-0.15, -0.1) is 11.8 Å². The average Bonchev–Trinajstić information content (AvgIpc) is 2.38. The van der Waals surface area contributed by atoms with Crippen LogP contribution in [0.3, 0.4) is 0 Å². The predicted molar refractivity (Wildman–Crippen MR) is 66.7 cm³/mol. The van der Waals surface area contributed by atoms with Gasteiger partial charge >= 0.3 is 0 Å². The van der Waals surface area contributed by atoms with E-state index in [9.17, 15) is 14.3 Å². The van der Waals surface area contributed by atoms with Crippen LogP contribution in [0.4, 0.5) is 4.39 Å². The Balaban J connectivity index is 2.16. The maximum Gasteiger partial charge on any atom is 0.127 e. The second-order valence-electron chi connectivity index (χ2n) is 3.66. The molecule has 0 radical (unpaired) electrons. The van der Waals surface area contributed by atoms with E-state index in [0.717, 1.165) is 0 Å². The van der Waals surface area contributed by atoms with E-state index in [0.29, 0.717) is 16.2 Å². The summed E-state index contributed by atoms with van der Waals surface area (Å²) in [7, 11) is 0. The molecule has 18 heavy (non-hydrogen) atoms. The van der Waals surface area contributed by atoms with Crippen molar-refractivity contribution >= 4 is 17.7 Å². The number of benzene rings is 2. The molecule has 2 rings (SSSR count). The smallest absolute Gasteiger partial charge is 0.127 e. The average molecular weight is 261 g/mol. The molecule has 0 aliphatic carbocycles. The Morgan fingerprint density at radius 3 is 2.50 bits per heavy atom. The summed E-state index contributed by atoms with van der Waals surface area (Å²) < 4.78 is 13.4. The summed E-state index contributed by atoms with van der Waals surface area (Å²) in [5, 5.41) is 10.9. The van der Waals surface area contributed by atoms with Crippen molar-refractivity contribution in [3.63, 3.8) is 0 Å². The minimum absolute atomic E-state index is 0.138. The van der Waals surface area contributed by atoms with E-state index in [1.165, 1.54) is 23.9 Å². The number of carboxylic acid groups (broad SMARTS) is 1. The molecule has 0 unspecified atom stereocenters. The molecule has 92 valence electrons. The lowest BCUT2D eigenvalue weighted by Crippen LogP contribution is -2.22. The lowest BCUT2D eigenvalue weighted by molar-refractivity contribution is -0.255. The molecule has 0 saturated carbocycles. The fourth-order valence-corrected chi connectivity index (χ4v) is 2.56. The molecule has 0 heterocycles. The van der Waals surface area contributed by atoms with Crippen molar-refractivity contribution in [3.8, 4) is 0 Å². The molecular weight excluding hydrogens is 251 g/mol. The first-order valence-corrected chi connectivity index (χ1v) is 6.33. The lowest BCUT2D eigenvalue weighted by atomic mass is 10.2. The van der Waals surface area contributed by atoms with Crippen LogP contribution in [0.2, 0.25) is 0 Å². The SMILES string of the molecule is O=C([O-])c1ccccc1SCc1ccccc1F. The van der Waals surface area contributed by atoms with E-state index in [4.69, 9.17) is 0 Å². The van der Waals surface area contributed by atoms with Gasteiger partial charge in [0.1, 0.15) is 5.82 Å². The van der Waals surface area contributed by atoms with Gasteiger partial charge in [-0.3, -0.25) is 0 Å². The number of carboxylic acids is 1. The molecule has 0 spiro atoms. The number of rotatable bonds is 4. The molecule has 2 aromatic carbocycles. The molecular formula is C14H10FO2S-. The predicted octanol–water partition coefficient (Wildman–Crippen LogP) is 2.48. The van der Waals surface area contributed by atoms with Crippen LogP contribution in [-0.2, 0) is 5.75 Å². The maximum absolute atomic E-state index is 13.4. The van der Waals surface area contributed by atoms with Crippen LogP contribution >= 0.6 is 11.8 Å². The highest BCUT2D eigenvalue weighted by molar-refractivity contribution is 7.98. The third kappa shape index (κ3) is 2.90. The standard InChI is InChI=1S/C14H11FO2S/c15-12-7-3-1-5-10(12)9-18-13-8-4-2-6-11(13)14(16)17/h1-8H,9H2,(H,16,17)/p-1. The van der Waals surface area contributed by atoms with E-state index in [2.05, 4.69) is 0 Å². The van der Waals surface area contributed by atoms with E-state index in [1.54, 1.807) is 36.4 Å². The molecule has 0 saturated heterocycles. The number of halogens is 1. The van der Waals surface area contributed by atoms with E-state index < -0.39 is 5.97 Å². The molecule has 4 heteroatoms. The quantitative estimate of drug-likeness (QED) is 0.794. The summed E-state index contributed by atoms with van der Waals surface area (Å²) in [5.74, 6) is -1.11. The second-order valence-corrected chi connectivity index (χ2v) is 4.68. The number of thioether (sulfide) groups is 1. The van der Waals surface area contributed by atoms with Gasteiger partial charge in [0.15, 0.2) is 0 Å². The van der Waals surface area contributed by atoms with Crippen LogP contribution in [0.5, 0.6) is 0 Å². The normalized spacial score (nSPS) is 10.3. The Bertz CT molecular complexity index is 569. The largest absolute Gasteiger partial charge is 0.545 e. The fourth-order valence-electron chi connectivity index (χ4n) is 1.53. The molecule has 0 fully saturated rings. The second kappa shape index (κ2) is 5.69. The van der Waals surface area contributed by atoms with E-state index in [1.807, 2.05) is 0 Å². The van der Waals surface area contributed by atoms with Crippen molar-refractivity contribution in [1.29, 1.82) is 0 Å². The van der Waals surface area contributed by atoms with Crippen LogP contribution in [-0.4, -0.2) is 5.97 Å². The van der Waals surface area contributed by atoms with Gasteiger partial charge in [0.2, 0.25) is 0 Å². The van der Waals surface area contributed by atoms with Gasteiger partial charge in [-0.2, -0.15) is 0 Å².